The Morgan fingerprint density at radius 1 is 1.03 bits per heavy atom. The second-order valence-electron chi connectivity index (χ2n) is 8.90. The zero-order valence-corrected chi connectivity index (χ0v) is 22.1. The minimum absolute atomic E-state index is 0.162. The highest BCUT2D eigenvalue weighted by atomic mass is 32.2. The molecule has 0 unspecified atom stereocenters. The summed E-state index contributed by atoms with van der Waals surface area (Å²) in [6.45, 7) is 5.27. The molecule has 0 bridgehead atoms. The number of nitrogens with two attached hydrogens (primary N) is 1. The Kier molecular flexibility index (Phi) is 7.80. The molecule has 0 saturated carbocycles. The lowest BCUT2D eigenvalue weighted by Crippen LogP contribution is -2.17. The summed E-state index contributed by atoms with van der Waals surface area (Å²) in [5.41, 5.74) is 11.9. The van der Waals surface area contributed by atoms with Crippen molar-refractivity contribution >= 4 is 32.6 Å². The molecule has 0 aliphatic carbocycles. The van der Waals surface area contributed by atoms with Gasteiger partial charge in [-0.15, -0.1) is 0 Å². The second kappa shape index (κ2) is 10.9. The van der Waals surface area contributed by atoms with E-state index in [-0.39, 0.29) is 16.6 Å². The van der Waals surface area contributed by atoms with Gasteiger partial charge in [-0.2, -0.15) is 0 Å². The number of nitrogen functional groups attached to an aromatic ring is 1. The highest BCUT2D eigenvalue weighted by Crippen LogP contribution is 2.44. The van der Waals surface area contributed by atoms with Gasteiger partial charge in [0.25, 0.3) is 0 Å². The van der Waals surface area contributed by atoms with E-state index in [0.717, 1.165) is 46.3 Å². The van der Waals surface area contributed by atoms with Crippen LogP contribution in [-0.2, 0) is 14.6 Å². The van der Waals surface area contributed by atoms with Gasteiger partial charge in [-0.1, -0.05) is 26.0 Å². The molecular formula is C29H32FN3O3S. The summed E-state index contributed by atoms with van der Waals surface area (Å²) in [7, 11) is -3.33. The molecule has 194 valence electrons. The molecule has 37 heavy (non-hydrogen) atoms. The topological polar surface area (TPSA) is 98.2 Å². The number of hydrogen-bond donors (Lipinski definition) is 2. The summed E-state index contributed by atoms with van der Waals surface area (Å²) in [5, 5.41) is 8.72. The van der Waals surface area contributed by atoms with E-state index in [1.807, 2.05) is 38.1 Å². The van der Waals surface area contributed by atoms with Crippen LogP contribution in [0.2, 0.25) is 0 Å². The summed E-state index contributed by atoms with van der Waals surface area (Å²) in [5.74, 6) is -0.158. The van der Waals surface area contributed by atoms with Gasteiger partial charge < -0.3 is 20.4 Å². The summed E-state index contributed by atoms with van der Waals surface area (Å²) in [4.78, 5) is 0.252. The minimum atomic E-state index is -3.33. The van der Waals surface area contributed by atoms with Crippen molar-refractivity contribution in [2.45, 2.75) is 37.5 Å². The average Bonchev–Trinajstić information content (AvgIpc) is 3.23. The van der Waals surface area contributed by atoms with E-state index in [4.69, 9.17) is 15.9 Å². The molecule has 5 rings (SSSR count). The summed E-state index contributed by atoms with van der Waals surface area (Å²) in [6, 6.07) is 17.0. The Bertz CT molecular complexity index is 1520. The van der Waals surface area contributed by atoms with E-state index in [9.17, 15) is 12.8 Å². The van der Waals surface area contributed by atoms with Crippen LogP contribution in [0, 0.1) is 11.2 Å². The second-order valence-corrected chi connectivity index (χ2v) is 10.9. The van der Waals surface area contributed by atoms with E-state index in [0.29, 0.717) is 24.5 Å². The molecule has 6 nitrogen and oxygen atoms in total. The number of hydrogen-bond acceptors (Lipinski definition) is 5. The molecule has 4 aromatic rings. The van der Waals surface area contributed by atoms with Crippen LogP contribution in [0.1, 0.15) is 43.9 Å². The van der Waals surface area contributed by atoms with E-state index in [1.165, 1.54) is 24.6 Å². The third-order valence-corrected chi connectivity index (χ3v) is 7.76. The number of ether oxygens (including phenoxy) is 1. The first-order valence-electron chi connectivity index (χ1n) is 12.4. The van der Waals surface area contributed by atoms with Crippen LogP contribution in [0.4, 0.5) is 10.1 Å². The molecule has 1 fully saturated rings. The van der Waals surface area contributed by atoms with Gasteiger partial charge in [0.15, 0.2) is 9.84 Å². The van der Waals surface area contributed by atoms with Crippen molar-refractivity contribution in [1.82, 2.24) is 4.57 Å². The van der Waals surface area contributed by atoms with Gasteiger partial charge >= 0.3 is 0 Å². The lowest BCUT2D eigenvalue weighted by atomic mass is 9.90. The van der Waals surface area contributed by atoms with Crippen molar-refractivity contribution < 1.29 is 17.5 Å². The molecule has 1 aliphatic rings. The number of aromatic nitrogens is 1. The van der Waals surface area contributed by atoms with Crippen molar-refractivity contribution in [3.05, 3.63) is 77.7 Å². The summed E-state index contributed by atoms with van der Waals surface area (Å²) in [6.07, 6.45) is 4.05. The van der Waals surface area contributed by atoms with Crippen LogP contribution in [0.5, 0.6) is 0 Å². The largest absolute Gasteiger partial charge is 0.398 e. The number of sulfone groups is 1. The van der Waals surface area contributed by atoms with Gasteiger partial charge in [0.05, 0.1) is 10.4 Å². The Morgan fingerprint density at radius 3 is 2.22 bits per heavy atom. The number of rotatable bonds is 5. The predicted molar refractivity (Wildman–Crippen MR) is 148 cm³/mol. The fourth-order valence-corrected chi connectivity index (χ4v) is 5.54. The Balaban J connectivity index is 0.00000156. The smallest absolute Gasteiger partial charge is 0.175 e. The highest BCUT2D eigenvalue weighted by Gasteiger charge is 2.28. The number of fused-ring (bicyclic) bond motifs is 1. The van der Waals surface area contributed by atoms with E-state index in [2.05, 4.69) is 4.57 Å². The van der Waals surface area contributed by atoms with Crippen molar-refractivity contribution in [1.29, 1.82) is 5.41 Å². The average molecular weight is 522 g/mol. The van der Waals surface area contributed by atoms with Gasteiger partial charge in [0, 0.05) is 65.2 Å². The Hall–Kier alpha value is -3.49. The molecule has 0 spiro atoms. The first-order chi connectivity index (χ1) is 17.8. The fourth-order valence-electron chi connectivity index (χ4n) is 4.91. The predicted octanol–water partition coefficient (Wildman–Crippen LogP) is 6.34. The van der Waals surface area contributed by atoms with E-state index >= 15 is 0 Å². The molecule has 1 aliphatic heterocycles. The Labute approximate surface area is 217 Å². The summed E-state index contributed by atoms with van der Waals surface area (Å²) >= 11 is 0. The van der Waals surface area contributed by atoms with Gasteiger partial charge in [0.1, 0.15) is 5.82 Å². The molecule has 1 aromatic heterocycles. The normalized spacial score (nSPS) is 14.3. The van der Waals surface area contributed by atoms with Crippen LogP contribution in [0.15, 0.2) is 65.6 Å². The lowest BCUT2D eigenvalue weighted by Gasteiger charge is -2.26. The minimum Gasteiger partial charge on any atom is -0.398 e. The van der Waals surface area contributed by atoms with Crippen molar-refractivity contribution in [3.63, 3.8) is 0 Å². The zero-order chi connectivity index (χ0) is 26.7. The fraction of sp³-hybridized carbons (Fsp3) is 0.276. The van der Waals surface area contributed by atoms with Gasteiger partial charge in [-0.25, -0.2) is 12.8 Å². The van der Waals surface area contributed by atoms with Gasteiger partial charge in [0.2, 0.25) is 0 Å². The van der Waals surface area contributed by atoms with Gasteiger partial charge in [-0.05, 0) is 66.9 Å². The monoisotopic (exact) mass is 521 g/mol. The lowest BCUT2D eigenvalue weighted by molar-refractivity contribution is 0.0843. The first kappa shape index (κ1) is 26.6. The molecule has 2 heterocycles. The highest BCUT2D eigenvalue weighted by molar-refractivity contribution is 7.90. The number of benzene rings is 3. The molecular weight excluding hydrogens is 489 g/mol. The van der Waals surface area contributed by atoms with Gasteiger partial charge in [-0.3, -0.25) is 0 Å². The maximum Gasteiger partial charge on any atom is 0.175 e. The van der Waals surface area contributed by atoms with Crippen LogP contribution >= 0.6 is 0 Å². The quantitative estimate of drug-likeness (QED) is 0.236. The maximum atomic E-state index is 13.8. The molecule has 8 heteroatoms. The SMILES string of the molecule is CC.CS(=O)(=O)c1ccc(-c2c(C3CCOCC3)n(-c3ccc(F)cc3)c3cc(C=N)c(N)cc23)cc1. The van der Waals surface area contributed by atoms with Crippen molar-refractivity contribution in [2.24, 2.45) is 0 Å². The van der Waals surface area contributed by atoms with Crippen LogP contribution in [0.3, 0.4) is 0 Å². The molecule has 3 aromatic carbocycles. The maximum absolute atomic E-state index is 13.8. The number of halogens is 1. The van der Waals surface area contributed by atoms with Crippen molar-refractivity contribution in [3.8, 4) is 16.8 Å². The molecule has 3 N–H and O–H groups in total. The van der Waals surface area contributed by atoms with E-state index < -0.39 is 9.84 Å². The van der Waals surface area contributed by atoms with Crippen LogP contribution < -0.4 is 5.73 Å². The molecule has 0 amide bonds. The number of nitrogens with one attached hydrogen (secondary N) is 1. The Morgan fingerprint density at radius 2 is 1.65 bits per heavy atom. The zero-order valence-electron chi connectivity index (χ0n) is 21.3. The third-order valence-electron chi connectivity index (χ3n) is 6.63. The number of nitrogens with zero attached hydrogens (tertiary/aromatic N) is 1. The molecule has 0 radical (unpaired) electrons. The third kappa shape index (κ3) is 5.17. The van der Waals surface area contributed by atoms with Crippen LogP contribution in [-0.4, -0.2) is 38.7 Å². The van der Waals surface area contributed by atoms with Crippen molar-refractivity contribution in [2.75, 3.05) is 25.2 Å². The molecule has 1 saturated heterocycles. The summed E-state index contributed by atoms with van der Waals surface area (Å²) < 4.78 is 45.7. The van der Waals surface area contributed by atoms with Crippen LogP contribution in [0.25, 0.3) is 27.7 Å². The molecule has 0 atom stereocenters. The van der Waals surface area contributed by atoms with E-state index in [1.54, 1.807) is 24.3 Å². The number of anilines is 1. The first-order valence-corrected chi connectivity index (χ1v) is 14.3. The standard InChI is InChI=1S/C27H26FN3O3S.C2H6/c1-35(32,33)22-8-2-17(3-9-22)26-23-15-24(30)19(16-29)14-25(23)31(21-6-4-20(28)5-7-21)27(26)18-10-12-34-13-11-18;1-2/h2-9,14-16,18,29H,10-13,30H2,1H3;1-2H3.